The van der Waals surface area contributed by atoms with E-state index in [9.17, 15) is 9.35 Å². The van der Waals surface area contributed by atoms with Gasteiger partial charge in [-0.1, -0.05) is 18.2 Å². The molecule has 172 valence electrons. The van der Waals surface area contributed by atoms with E-state index in [1.54, 1.807) is 62.8 Å². The average molecular weight is 466 g/mol. The highest BCUT2D eigenvalue weighted by atomic mass is 32.2. The molecule has 0 aliphatic carbocycles. The number of para-hydroxylation sites is 2. The van der Waals surface area contributed by atoms with E-state index in [1.165, 1.54) is 0 Å². The van der Waals surface area contributed by atoms with Gasteiger partial charge in [-0.15, -0.1) is 0 Å². The first-order valence-corrected chi connectivity index (χ1v) is 11.8. The lowest BCUT2D eigenvalue weighted by Gasteiger charge is -2.36. The van der Waals surface area contributed by atoms with Crippen molar-refractivity contribution < 1.29 is 18.8 Å². The minimum atomic E-state index is -1.49. The van der Waals surface area contributed by atoms with Crippen LogP contribution in [0, 0.1) is 0 Å². The Morgan fingerprint density at radius 2 is 1.64 bits per heavy atom. The van der Waals surface area contributed by atoms with Gasteiger partial charge in [0.25, 0.3) is 5.91 Å². The summed E-state index contributed by atoms with van der Waals surface area (Å²) >= 11 is -1.49. The van der Waals surface area contributed by atoms with Gasteiger partial charge in [0.15, 0.2) is 4.90 Å². The smallest absolute Gasteiger partial charge is 0.254 e. The van der Waals surface area contributed by atoms with Gasteiger partial charge in [0.05, 0.1) is 25.6 Å². The van der Waals surface area contributed by atoms with E-state index >= 15 is 0 Å². The lowest BCUT2D eigenvalue weighted by Crippen LogP contribution is -2.48. The fourth-order valence-corrected chi connectivity index (χ4v) is 4.70. The maximum absolute atomic E-state index is 13.1. The van der Waals surface area contributed by atoms with Crippen molar-refractivity contribution in [2.45, 2.75) is 4.90 Å². The molecule has 1 atom stereocenters. The van der Waals surface area contributed by atoms with Crippen LogP contribution in [0.25, 0.3) is 0 Å². The van der Waals surface area contributed by atoms with E-state index in [-0.39, 0.29) is 5.91 Å². The minimum absolute atomic E-state index is 0.0574. The summed E-state index contributed by atoms with van der Waals surface area (Å²) in [4.78, 5) is 17.7. The third kappa shape index (κ3) is 5.35. The van der Waals surface area contributed by atoms with Crippen LogP contribution in [0.2, 0.25) is 0 Å². The third-order valence-electron chi connectivity index (χ3n) is 5.59. The van der Waals surface area contributed by atoms with Crippen molar-refractivity contribution in [3.8, 4) is 11.5 Å². The van der Waals surface area contributed by atoms with E-state index in [4.69, 9.17) is 9.47 Å². The first kappa shape index (κ1) is 22.8. The molecule has 1 saturated heterocycles. The molecule has 0 aromatic heterocycles. The molecule has 3 aromatic rings. The first-order valence-electron chi connectivity index (χ1n) is 10.7. The molecule has 4 rings (SSSR count). The van der Waals surface area contributed by atoms with Crippen LogP contribution < -0.4 is 19.1 Å². The maximum Gasteiger partial charge on any atom is 0.254 e. The quantitative estimate of drug-likeness (QED) is 0.535. The molecule has 0 spiro atoms. The second-order valence-corrected chi connectivity index (χ2v) is 8.79. The Balaban J connectivity index is 1.39. The largest absolute Gasteiger partial charge is 0.588 e. The van der Waals surface area contributed by atoms with Crippen molar-refractivity contribution in [3.63, 3.8) is 0 Å². The van der Waals surface area contributed by atoms with Crippen LogP contribution in [0.15, 0.2) is 77.7 Å². The van der Waals surface area contributed by atoms with Crippen LogP contribution in [0.5, 0.6) is 11.5 Å². The number of rotatable bonds is 7. The zero-order chi connectivity index (χ0) is 23.2. The molecule has 0 bridgehead atoms. The normalized spacial score (nSPS) is 14.5. The molecule has 33 heavy (non-hydrogen) atoms. The topological polar surface area (TPSA) is 77.1 Å². The van der Waals surface area contributed by atoms with E-state index in [1.807, 2.05) is 29.2 Å². The molecule has 1 aliphatic rings. The number of nitrogens with one attached hydrogen (secondary N) is 1. The van der Waals surface area contributed by atoms with Gasteiger partial charge in [-0.25, -0.2) is 4.72 Å². The molecular formula is C25H27N3O4S. The summed E-state index contributed by atoms with van der Waals surface area (Å²) in [5, 5.41) is 0. The van der Waals surface area contributed by atoms with Crippen LogP contribution in [-0.4, -0.2) is 55.8 Å². The molecule has 1 aliphatic heterocycles. The van der Waals surface area contributed by atoms with Crippen LogP contribution in [0.1, 0.15) is 10.4 Å². The van der Waals surface area contributed by atoms with Gasteiger partial charge in [0.1, 0.15) is 22.9 Å². The lowest BCUT2D eigenvalue weighted by molar-refractivity contribution is 0.0746. The van der Waals surface area contributed by atoms with Crippen LogP contribution in [-0.2, 0) is 11.4 Å². The molecule has 0 radical (unpaired) electrons. The zero-order valence-corrected chi connectivity index (χ0v) is 19.5. The number of nitrogens with zero attached hydrogens (tertiary/aromatic N) is 2. The number of carbonyl (C=O) groups excluding carboxylic acids is 1. The van der Waals surface area contributed by atoms with E-state index in [2.05, 4.69) is 9.62 Å². The van der Waals surface area contributed by atoms with Gasteiger partial charge in [0.2, 0.25) is 0 Å². The molecule has 1 N–H and O–H groups in total. The molecule has 1 unspecified atom stereocenters. The molecule has 1 amide bonds. The highest BCUT2D eigenvalue weighted by Crippen LogP contribution is 2.28. The standard InChI is InChI=1S/C25H27N3O4S/c1-31-21-12-10-20(11-13-21)26-33(30)22-7-5-6-19(18-22)25(29)28-16-14-27(15-17-28)23-8-3-4-9-24(23)32-2/h3-13,18,26H,14-17H2,1-2H3. The number of methoxy groups -OCH3 is 2. The highest BCUT2D eigenvalue weighted by Gasteiger charge is 2.25. The third-order valence-corrected chi connectivity index (χ3v) is 6.69. The lowest BCUT2D eigenvalue weighted by atomic mass is 10.1. The summed E-state index contributed by atoms with van der Waals surface area (Å²) in [6, 6.07) is 22.1. The van der Waals surface area contributed by atoms with Gasteiger partial charge in [-0.05, 0) is 48.5 Å². The van der Waals surface area contributed by atoms with Crippen molar-refractivity contribution in [1.29, 1.82) is 0 Å². The predicted octanol–water partition coefficient (Wildman–Crippen LogP) is 3.80. The Hall–Kier alpha value is -3.36. The van der Waals surface area contributed by atoms with Crippen LogP contribution in [0.3, 0.4) is 0 Å². The number of carbonyl (C=O) groups is 1. The van der Waals surface area contributed by atoms with E-state index in [0.29, 0.717) is 29.2 Å². The minimum Gasteiger partial charge on any atom is -0.588 e. The number of ether oxygens (including phenoxy) is 2. The van der Waals surface area contributed by atoms with Crippen LogP contribution >= 0.6 is 0 Å². The molecule has 8 heteroatoms. The Morgan fingerprint density at radius 1 is 0.909 bits per heavy atom. The molecular weight excluding hydrogens is 438 g/mol. The molecule has 0 saturated carbocycles. The number of piperazine rings is 1. The molecule has 1 fully saturated rings. The molecule has 3 aromatic carbocycles. The van der Waals surface area contributed by atoms with Crippen LogP contribution in [0.4, 0.5) is 11.4 Å². The summed E-state index contributed by atoms with van der Waals surface area (Å²) in [6.07, 6.45) is 0. The summed E-state index contributed by atoms with van der Waals surface area (Å²) in [7, 11) is 3.26. The Bertz CT molecular complexity index is 1090. The number of benzene rings is 3. The average Bonchev–Trinajstić information content (AvgIpc) is 2.89. The second kappa shape index (κ2) is 10.5. The molecule has 7 nitrogen and oxygen atoms in total. The SMILES string of the molecule is COc1ccc(N[S+]([O-])c2cccc(C(=O)N3CCN(c4ccccc4OC)CC3)c2)cc1. The van der Waals surface area contributed by atoms with Crippen molar-refractivity contribution in [1.82, 2.24) is 4.90 Å². The van der Waals surface area contributed by atoms with E-state index < -0.39 is 11.4 Å². The summed E-state index contributed by atoms with van der Waals surface area (Å²) in [5.74, 6) is 1.50. The van der Waals surface area contributed by atoms with E-state index in [0.717, 1.165) is 30.3 Å². The summed E-state index contributed by atoms with van der Waals surface area (Å²) in [6.45, 7) is 2.65. The fourth-order valence-electron chi connectivity index (χ4n) is 3.79. The molecule has 1 heterocycles. The Kier molecular flexibility index (Phi) is 7.26. The van der Waals surface area contributed by atoms with Gasteiger partial charge in [0, 0.05) is 37.8 Å². The van der Waals surface area contributed by atoms with Gasteiger partial charge < -0.3 is 23.8 Å². The zero-order valence-electron chi connectivity index (χ0n) is 18.7. The Morgan fingerprint density at radius 3 is 2.33 bits per heavy atom. The highest BCUT2D eigenvalue weighted by molar-refractivity contribution is 7.92. The number of amides is 1. The number of hydrogen-bond acceptors (Lipinski definition) is 6. The maximum atomic E-state index is 13.1. The second-order valence-electron chi connectivity index (χ2n) is 7.58. The summed E-state index contributed by atoms with van der Waals surface area (Å²) in [5.41, 5.74) is 2.27. The van der Waals surface area contributed by atoms with Crippen molar-refractivity contribution in [2.75, 3.05) is 50.0 Å². The van der Waals surface area contributed by atoms with Crippen molar-refractivity contribution >= 4 is 28.6 Å². The summed E-state index contributed by atoms with van der Waals surface area (Å²) < 4.78 is 26.4. The van der Waals surface area contributed by atoms with Gasteiger partial charge in [-0.3, -0.25) is 4.79 Å². The monoisotopic (exact) mass is 465 g/mol. The Labute approximate surface area is 197 Å². The predicted molar refractivity (Wildman–Crippen MR) is 131 cm³/mol. The van der Waals surface area contributed by atoms with Crippen molar-refractivity contribution in [3.05, 3.63) is 78.4 Å². The fraction of sp³-hybridized carbons (Fsp3) is 0.240. The first-order chi connectivity index (χ1) is 16.1. The number of anilines is 2. The van der Waals surface area contributed by atoms with Gasteiger partial charge in [-0.2, -0.15) is 0 Å². The van der Waals surface area contributed by atoms with Crippen molar-refractivity contribution in [2.24, 2.45) is 0 Å². The number of hydrogen-bond donors (Lipinski definition) is 1. The van der Waals surface area contributed by atoms with Gasteiger partial charge >= 0.3 is 0 Å².